The fraction of sp³-hybridized carbons (Fsp3) is 0.368. The number of aromatic nitrogens is 4. The van der Waals surface area contributed by atoms with Gasteiger partial charge in [-0.25, -0.2) is 15.0 Å². The van der Waals surface area contributed by atoms with Crippen LogP contribution in [0, 0.1) is 0 Å². The standard InChI is InChI=1S/C19H23N7O.ClH/c27-14-4-9-20-17-15-5-1-2-6-16(15)23-19(24-17)26-12-10-25(11-13-26)18-21-7-3-8-22-18;/h1-3,5-8,27H,4,9-14H2,(H,20,23,24);1H. The van der Waals surface area contributed by atoms with Crippen molar-refractivity contribution in [3.8, 4) is 0 Å². The molecule has 0 atom stereocenters. The van der Waals surface area contributed by atoms with E-state index in [2.05, 4.69) is 25.1 Å². The van der Waals surface area contributed by atoms with Gasteiger partial charge in [-0.15, -0.1) is 12.4 Å². The maximum atomic E-state index is 9.04. The number of fused-ring (bicyclic) bond motifs is 1. The summed E-state index contributed by atoms with van der Waals surface area (Å²) < 4.78 is 0. The van der Waals surface area contributed by atoms with Crippen LogP contribution >= 0.6 is 12.4 Å². The molecule has 148 valence electrons. The number of aliphatic hydroxyl groups is 1. The van der Waals surface area contributed by atoms with Crippen LogP contribution in [0.3, 0.4) is 0 Å². The van der Waals surface area contributed by atoms with Gasteiger partial charge in [-0.3, -0.25) is 0 Å². The number of hydrogen-bond acceptors (Lipinski definition) is 8. The van der Waals surface area contributed by atoms with E-state index in [9.17, 15) is 0 Å². The van der Waals surface area contributed by atoms with Crippen LogP contribution < -0.4 is 15.1 Å². The summed E-state index contributed by atoms with van der Waals surface area (Å²) in [6.07, 6.45) is 4.22. The molecule has 0 amide bonds. The lowest BCUT2D eigenvalue weighted by Crippen LogP contribution is -2.47. The lowest BCUT2D eigenvalue weighted by atomic mass is 10.2. The van der Waals surface area contributed by atoms with Crippen molar-refractivity contribution in [2.75, 3.05) is 54.4 Å². The number of anilines is 3. The first kappa shape index (κ1) is 20.0. The fourth-order valence-electron chi connectivity index (χ4n) is 3.19. The van der Waals surface area contributed by atoms with Crippen molar-refractivity contribution < 1.29 is 5.11 Å². The molecule has 2 N–H and O–H groups in total. The zero-order valence-corrected chi connectivity index (χ0v) is 16.3. The maximum absolute atomic E-state index is 9.04. The Morgan fingerprint density at radius 2 is 1.57 bits per heavy atom. The highest BCUT2D eigenvalue weighted by atomic mass is 35.5. The van der Waals surface area contributed by atoms with E-state index in [-0.39, 0.29) is 19.0 Å². The number of aliphatic hydroxyl groups excluding tert-OH is 1. The lowest BCUT2D eigenvalue weighted by Gasteiger charge is -2.34. The van der Waals surface area contributed by atoms with Crippen LogP contribution in [0.5, 0.6) is 0 Å². The second kappa shape index (κ2) is 9.48. The predicted octanol–water partition coefficient (Wildman–Crippen LogP) is 1.96. The van der Waals surface area contributed by atoms with E-state index in [1.165, 1.54) is 0 Å². The van der Waals surface area contributed by atoms with Crippen molar-refractivity contribution in [2.45, 2.75) is 6.42 Å². The van der Waals surface area contributed by atoms with Crippen LogP contribution in [0.1, 0.15) is 6.42 Å². The highest BCUT2D eigenvalue weighted by molar-refractivity contribution is 5.90. The van der Waals surface area contributed by atoms with Crippen LogP contribution in [0.25, 0.3) is 10.9 Å². The maximum Gasteiger partial charge on any atom is 0.228 e. The molecule has 0 spiro atoms. The normalized spacial score (nSPS) is 14.0. The minimum atomic E-state index is 0. The molecule has 1 saturated heterocycles. The molecule has 0 bridgehead atoms. The molecular weight excluding hydrogens is 378 g/mol. The number of rotatable bonds is 6. The van der Waals surface area contributed by atoms with Gasteiger partial charge < -0.3 is 20.2 Å². The topological polar surface area (TPSA) is 90.3 Å². The predicted molar refractivity (Wildman–Crippen MR) is 113 cm³/mol. The van der Waals surface area contributed by atoms with Crippen LogP contribution in [0.2, 0.25) is 0 Å². The average molecular weight is 402 g/mol. The summed E-state index contributed by atoms with van der Waals surface area (Å²) in [5.41, 5.74) is 0.919. The van der Waals surface area contributed by atoms with Gasteiger partial charge in [-0.2, -0.15) is 4.98 Å². The van der Waals surface area contributed by atoms with Crippen molar-refractivity contribution in [2.24, 2.45) is 0 Å². The molecule has 1 aliphatic rings. The van der Waals surface area contributed by atoms with Gasteiger partial charge in [0.2, 0.25) is 11.9 Å². The third-order valence-corrected chi connectivity index (χ3v) is 4.62. The number of benzene rings is 1. The van der Waals surface area contributed by atoms with Crippen LogP contribution in [0.15, 0.2) is 42.7 Å². The minimum absolute atomic E-state index is 0. The minimum Gasteiger partial charge on any atom is -0.396 e. The van der Waals surface area contributed by atoms with Gasteiger partial charge >= 0.3 is 0 Å². The van der Waals surface area contributed by atoms with Gasteiger partial charge in [0.25, 0.3) is 0 Å². The number of nitrogens with zero attached hydrogens (tertiary/aromatic N) is 6. The monoisotopic (exact) mass is 401 g/mol. The molecule has 1 aromatic carbocycles. The molecule has 0 radical (unpaired) electrons. The summed E-state index contributed by atoms with van der Waals surface area (Å²) >= 11 is 0. The number of piperazine rings is 1. The molecule has 0 saturated carbocycles. The third-order valence-electron chi connectivity index (χ3n) is 4.62. The molecule has 9 heteroatoms. The van der Waals surface area contributed by atoms with Gasteiger partial charge in [0.15, 0.2) is 0 Å². The molecule has 3 aromatic rings. The highest BCUT2D eigenvalue weighted by Crippen LogP contribution is 2.24. The average Bonchev–Trinajstić information content (AvgIpc) is 2.74. The van der Waals surface area contributed by atoms with Gasteiger partial charge in [0.05, 0.1) is 5.52 Å². The first-order valence-corrected chi connectivity index (χ1v) is 9.23. The summed E-state index contributed by atoms with van der Waals surface area (Å²) in [5.74, 6) is 2.31. The van der Waals surface area contributed by atoms with Crippen LogP contribution in [-0.4, -0.2) is 64.4 Å². The zero-order chi connectivity index (χ0) is 18.5. The van der Waals surface area contributed by atoms with Gasteiger partial charge in [-0.1, -0.05) is 12.1 Å². The molecule has 0 aliphatic carbocycles. The molecule has 2 aromatic heterocycles. The molecular formula is C19H24ClN7O. The Morgan fingerprint density at radius 3 is 2.29 bits per heavy atom. The van der Waals surface area contributed by atoms with Crippen molar-refractivity contribution >= 4 is 41.0 Å². The summed E-state index contributed by atoms with van der Waals surface area (Å²) in [4.78, 5) is 22.6. The zero-order valence-electron chi connectivity index (χ0n) is 15.5. The lowest BCUT2D eigenvalue weighted by molar-refractivity contribution is 0.292. The number of halogens is 1. The van der Waals surface area contributed by atoms with Gasteiger partial charge in [-0.05, 0) is 24.6 Å². The third kappa shape index (κ3) is 4.40. The summed E-state index contributed by atoms with van der Waals surface area (Å²) in [6, 6.07) is 9.83. The fourth-order valence-corrected chi connectivity index (χ4v) is 3.19. The summed E-state index contributed by atoms with van der Waals surface area (Å²) in [5, 5.41) is 13.4. The molecule has 0 unspecified atom stereocenters. The van der Waals surface area contributed by atoms with Crippen molar-refractivity contribution in [3.05, 3.63) is 42.7 Å². The molecule has 8 nitrogen and oxygen atoms in total. The van der Waals surface area contributed by atoms with E-state index in [1.54, 1.807) is 12.4 Å². The largest absolute Gasteiger partial charge is 0.396 e. The first-order chi connectivity index (χ1) is 13.3. The Morgan fingerprint density at radius 1 is 0.893 bits per heavy atom. The summed E-state index contributed by atoms with van der Waals surface area (Å²) in [7, 11) is 0. The highest BCUT2D eigenvalue weighted by Gasteiger charge is 2.21. The molecule has 1 aliphatic heterocycles. The number of nitrogens with one attached hydrogen (secondary N) is 1. The number of hydrogen-bond donors (Lipinski definition) is 2. The van der Waals surface area contributed by atoms with Gasteiger partial charge in [0.1, 0.15) is 5.82 Å². The quantitative estimate of drug-likeness (QED) is 0.606. The Kier molecular flexibility index (Phi) is 6.78. The smallest absolute Gasteiger partial charge is 0.228 e. The van der Waals surface area contributed by atoms with Crippen molar-refractivity contribution in [1.82, 2.24) is 19.9 Å². The Hall–Kier alpha value is -2.71. The second-order valence-electron chi connectivity index (χ2n) is 6.42. The molecule has 3 heterocycles. The Labute approximate surface area is 170 Å². The molecule has 28 heavy (non-hydrogen) atoms. The Bertz CT molecular complexity index is 888. The SMILES string of the molecule is Cl.OCCCNc1nc(N2CCN(c3ncccn3)CC2)nc2ccccc12. The van der Waals surface area contributed by atoms with Crippen LogP contribution in [0.4, 0.5) is 17.7 Å². The van der Waals surface area contributed by atoms with E-state index in [0.717, 1.165) is 54.8 Å². The van der Waals surface area contributed by atoms with Crippen molar-refractivity contribution in [1.29, 1.82) is 0 Å². The van der Waals surface area contributed by atoms with E-state index < -0.39 is 0 Å². The molecule has 4 rings (SSSR count). The van der Waals surface area contributed by atoms with E-state index in [0.29, 0.717) is 13.0 Å². The summed E-state index contributed by atoms with van der Waals surface area (Å²) in [6.45, 7) is 4.11. The number of para-hydroxylation sites is 1. The van der Waals surface area contributed by atoms with Gasteiger partial charge in [0, 0.05) is 57.1 Å². The van der Waals surface area contributed by atoms with Crippen LogP contribution in [-0.2, 0) is 0 Å². The van der Waals surface area contributed by atoms with E-state index in [1.807, 2.05) is 30.3 Å². The second-order valence-corrected chi connectivity index (χ2v) is 6.42. The van der Waals surface area contributed by atoms with Crippen molar-refractivity contribution in [3.63, 3.8) is 0 Å². The first-order valence-electron chi connectivity index (χ1n) is 9.23. The van der Waals surface area contributed by atoms with E-state index >= 15 is 0 Å². The Balaban J connectivity index is 0.00000225. The molecule has 1 fully saturated rings. The van der Waals surface area contributed by atoms with E-state index in [4.69, 9.17) is 15.1 Å².